The average molecular weight is 311 g/mol. The third-order valence-electron chi connectivity index (χ3n) is 4.62. The molecule has 1 aliphatic heterocycles. The smallest absolute Gasteiger partial charge is 0.322 e. The van der Waals surface area contributed by atoms with Gasteiger partial charge in [-0.1, -0.05) is 18.9 Å². The van der Waals surface area contributed by atoms with Gasteiger partial charge in [0, 0.05) is 18.5 Å². The molecule has 2 aliphatic rings. The van der Waals surface area contributed by atoms with Crippen LogP contribution in [0.1, 0.15) is 31.2 Å². The Bertz CT molecular complexity index is 723. The predicted molar refractivity (Wildman–Crippen MR) is 82.6 cm³/mol. The van der Waals surface area contributed by atoms with Crippen molar-refractivity contribution in [3.8, 4) is 17.2 Å². The van der Waals surface area contributed by atoms with E-state index in [4.69, 9.17) is 14.2 Å². The van der Waals surface area contributed by atoms with E-state index in [1.165, 1.54) is 0 Å². The summed E-state index contributed by atoms with van der Waals surface area (Å²) in [6.45, 7) is 0.201. The maximum atomic E-state index is 12.9. The molecule has 23 heavy (non-hydrogen) atoms. The molecule has 0 N–H and O–H groups in total. The summed E-state index contributed by atoms with van der Waals surface area (Å²) >= 11 is 0. The molecule has 118 valence electrons. The van der Waals surface area contributed by atoms with E-state index in [9.17, 15) is 4.79 Å². The third-order valence-corrected chi connectivity index (χ3v) is 4.62. The second kappa shape index (κ2) is 5.57. The zero-order valence-electron chi connectivity index (χ0n) is 12.7. The van der Waals surface area contributed by atoms with Crippen LogP contribution in [0.3, 0.4) is 0 Å². The third kappa shape index (κ3) is 2.42. The Hall–Kier alpha value is -2.56. The number of ether oxygens (including phenoxy) is 3. The van der Waals surface area contributed by atoms with E-state index in [1.807, 2.05) is 12.1 Å². The molecule has 0 amide bonds. The topological polar surface area (TPSA) is 57.7 Å². The number of hydrogen-bond donors (Lipinski definition) is 0. The molecular weight excluding hydrogens is 294 g/mol. The van der Waals surface area contributed by atoms with Crippen molar-refractivity contribution in [2.75, 3.05) is 6.79 Å². The molecule has 1 fully saturated rings. The maximum absolute atomic E-state index is 12.9. The van der Waals surface area contributed by atoms with Gasteiger partial charge in [-0.25, -0.2) is 0 Å². The van der Waals surface area contributed by atoms with Gasteiger partial charge in [-0.05, 0) is 36.6 Å². The zero-order valence-corrected chi connectivity index (χ0v) is 12.7. The second-order valence-electron chi connectivity index (χ2n) is 5.94. The van der Waals surface area contributed by atoms with Gasteiger partial charge < -0.3 is 14.2 Å². The Balaban J connectivity index is 1.61. The number of benzene rings is 1. The summed E-state index contributed by atoms with van der Waals surface area (Å²) < 4.78 is 16.3. The van der Waals surface area contributed by atoms with Crippen LogP contribution in [0.2, 0.25) is 0 Å². The summed E-state index contributed by atoms with van der Waals surface area (Å²) in [7, 11) is 0. The lowest BCUT2D eigenvalue weighted by Gasteiger charge is -2.26. The number of rotatable bonds is 3. The molecule has 0 unspecified atom stereocenters. The van der Waals surface area contributed by atoms with Crippen LogP contribution in [0.25, 0.3) is 0 Å². The standard InChI is InChI=1S/C18H17NO4/c20-17(23-14-5-6-15-16(10-14)22-12-21-15)18(7-1-2-8-18)13-4-3-9-19-11-13/h3-6,9-11H,1-2,7-8,12H2. The molecule has 1 saturated carbocycles. The lowest BCUT2D eigenvalue weighted by atomic mass is 9.80. The van der Waals surface area contributed by atoms with Crippen LogP contribution in [-0.2, 0) is 10.2 Å². The molecule has 5 heteroatoms. The summed E-state index contributed by atoms with van der Waals surface area (Å²) in [5.41, 5.74) is 0.341. The number of pyridine rings is 1. The first-order valence-corrected chi connectivity index (χ1v) is 7.80. The first kappa shape index (κ1) is 14.1. The Morgan fingerprint density at radius 2 is 1.96 bits per heavy atom. The summed E-state index contributed by atoms with van der Waals surface area (Å²) in [6.07, 6.45) is 7.11. The molecule has 0 radical (unpaired) electrons. The fourth-order valence-corrected chi connectivity index (χ4v) is 3.38. The molecule has 1 aromatic heterocycles. The minimum absolute atomic E-state index is 0.201. The molecule has 2 aromatic rings. The number of esters is 1. The van der Waals surface area contributed by atoms with Gasteiger partial charge in [-0.3, -0.25) is 9.78 Å². The number of carbonyl (C=O) groups is 1. The van der Waals surface area contributed by atoms with Crippen molar-refractivity contribution in [3.05, 3.63) is 48.3 Å². The lowest BCUT2D eigenvalue weighted by molar-refractivity contribution is -0.140. The van der Waals surface area contributed by atoms with Crippen LogP contribution in [0.5, 0.6) is 17.2 Å². The van der Waals surface area contributed by atoms with Gasteiger partial charge in [0.25, 0.3) is 0 Å². The number of carbonyl (C=O) groups excluding carboxylic acids is 1. The highest BCUT2D eigenvalue weighted by Crippen LogP contribution is 2.43. The molecule has 0 bridgehead atoms. The lowest BCUT2D eigenvalue weighted by Crippen LogP contribution is -2.36. The van der Waals surface area contributed by atoms with E-state index in [2.05, 4.69) is 4.98 Å². The Morgan fingerprint density at radius 1 is 1.13 bits per heavy atom. The van der Waals surface area contributed by atoms with Crippen molar-refractivity contribution in [2.45, 2.75) is 31.1 Å². The van der Waals surface area contributed by atoms with E-state index in [1.54, 1.807) is 30.6 Å². The van der Waals surface area contributed by atoms with Crippen LogP contribution in [0.15, 0.2) is 42.7 Å². The summed E-state index contributed by atoms with van der Waals surface area (Å²) in [4.78, 5) is 17.1. The van der Waals surface area contributed by atoms with E-state index in [0.717, 1.165) is 31.2 Å². The van der Waals surface area contributed by atoms with Gasteiger partial charge in [0.15, 0.2) is 11.5 Å². The van der Waals surface area contributed by atoms with Crippen LogP contribution in [0, 0.1) is 0 Å². The number of hydrogen-bond acceptors (Lipinski definition) is 5. The molecular formula is C18H17NO4. The molecule has 1 aliphatic carbocycles. The molecule has 0 atom stereocenters. The van der Waals surface area contributed by atoms with E-state index < -0.39 is 5.41 Å². The van der Waals surface area contributed by atoms with Crippen molar-refractivity contribution in [1.29, 1.82) is 0 Å². The number of nitrogens with zero attached hydrogens (tertiary/aromatic N) is 1. The number of aromatic nitrogens is 1. The minimum Gasteiger partial charge on any atom is -0.454 e. The fraction of sp³-hybridized carbons (Fsp3) is 0.333. The van der Waals surface area contributed by atoms with Crippen LogP contribution in [0.4, 0.5) is 0 Å². The van der Waals surface area contributed by atoms with Crippen molar-refractivity contribution < 1.29 is 19.0 Å². The Labute approximate surface area is 134 Å². The van der Waals surface area contributed by atoms with Crippen LogP contribution < -0.4 is 14.2 Å². The molecule has 5 nitrogen and oxygen atoms in total. The maximum Gasteiger partial charge on any atom is 0.322 e. The highest BCUT2D eigenvalue weighted by atomic mass is 16.7. The molecule has 0 spiro atoms. The predicted octanol–water partition coefficient (Wildman–Crippen LogP) is 3.23. The molecule has 1 aromatic carbocycles. The first-order valence-electron chi connectivity index (χ1n) is 7.80. The second-order valence-corrected chi connectivity index (χ2v) is 5.94. The molecule has 0 saturated heterocycles. The Morgan fingerprint density at radius 3 is 2.74 bits per heavy atom. The van der Waals surface area contributed by atoms with Gasteiger partial charge in [0.1, 0.15) is 5.75 Å². The Kier molecular flexibility index (Phi) is 3.41. The number of fused-ring (bicyclic) bond motifs is 1. The molecule has 4 rings (SSSR count). The van der Waals surface area contributed by atoms with Crippen molar-refractivity contribution in [2.24, 2.45) is 0 Å². The highest BCUT2D eigenvalue weighted by Gasteiger charge is 2.44. The average Bonchev–Trinajstić information content (AvgIpc) is 3.25. The fourth-order valence-electron chi connectivity index (χ4n) is 3.38. The summed E-state index contributed by atoms with van der Waals surface area (Å²) in [6, 6.07) is 9.02. The van der Waals surface area contributed by atoms with Crippen LogP contribution in [-0.4, -0.2) is 17.7 Å². The zero-order chi connectivity index (χ0) is 15.7. The largest absolute Gasteiger partial charge is 0.454 e. The molecule has 2 heterocycles. The van der Waals surface area contributed by atoms with Gasteiger partial charge in [0.05, 0.1) is 5.41 Å². The normalized spacial score (nSPS) is 17.9. The van der Waals surface area contributed by atoms with E-state index in [-0.39, 0.29) is 12.8 Å². The van der Waals surface area contributed by atoms with E-state index in [0.29, 0.717) is 17.2 Å². The van der Waals surface area contributed by atoms with Gasteiger partial charge in [0.2, 0.25) is 6.79 Å². The summed E-state index contributed by atoms with van der Waals surface area (Å²) in [5.74, 6) is 1.54. The highest BCUT2D eigenvalue weighted by molar-refractivity contribution is 5.85. The minimum atomic E-state index is -0.593. The summed E-state index contributed by atoms with van der Waals surface area (Å²) in [5, 5.41) is 0. The van der Waals surface area contributed by atoms with Crippen LogP contribution >= 0.6 is 0 Å². The van der Waals surface area contributed by atoms with Gasteiger partial charge >= 0.3 is 5.97 Å². The van der Waals surface area contributed by atoms with Crippen molar-refractivity contribution >= 4 is 5.97 Å². The quantitative estimate of drug-likeness (QED) is 0.643. The first-order chi connectivity index (χ1) is 11.3. The van der Waals surface area contributed by atoms with Crippen molar-refractivity contribution in [1.82, 2.24) is 4.98 Å². The van der Waals surface area contributed by atoms with E-state index >= 15 is 0 Å². The monoisotopic (exact) mass is 311 g/mol. The van der Waals surface area contributed by atoms with Gasteiger partial charge in [-0.2, -0.15) is 0 Å². The van der Waals surface area contributed by atoms with Crippen molar-refractivity contribution in [3.63, 3.8) is 0 Å². The van der Waals surface area contributed by atoms with Gasteiger partial charge in [-0.15, -0.1) is 0 Å². The SMILES string of the molecule is O=C(Oc1ccc2c(c1)OCO2)C1(c2cccnc2)CCCC1.